The molecule has 0 spiro atoms. The lowest BCUT2D eigenvalue weighted by Crippen LogP contribution is -2.37. The van der Waals surface area contributed by atoms with E-state index in [0.717, 1.165) is 13.1 Å². The van der Waals surface area contributed by atoms with Crippen molar-refractivity contribution in [1.82, 2.24) is 10.2 Å². The summed E-state index contributed by atoms with van der Waals surface area (Å²) in [5, 5.41) is 3.20. The van der Waals surface area contributed by atoms with Gasteiger partial charge in [0.25, 0.3) is 0 Å². The van der Waals surface area contributed by atoms with Gasteiger partial charge in [0, 0.05) is 35.8 Å². The second kappa shape index (κ2) is 6.73. The third-order valence-corrected chi connectivity index (χ3v) is 4.43. The zero-order chi connectivity index (χ0) is 13.8. The minimum absolute atomic E-state index is 0.650. The molecular formula is C15H24BrN3. The van der Waals surface area contributed by atoms with Gasteiger partial charge >= 0.3 is 0 Å². The van der Waals surface area contributed by atoms with Gasteiger partial charge in [0.15, 0.2) is 0 Å². The number of benzene rings is 1. The first kappa shape index (κ1) is 14.8. The van der Waals surface area contributed by atoms with Crippen LogP contribution in [-0.2, 0) is 6.54 Å². The molecule has 106 valence electrons. The molecule has 3 nitrogen and oxygen atoms in total. The van der Waals surface area contributed by atoms with Crippen molar-refractivity contribution in [3.8, 4) is 0 Å². The Balaban J connectivity index is 2.14. The summed E-state index contributed by atoms with van der Waals surface area (Å²) in [6.07, 6.45) is 2.60. The molecule has 0 saturated carbocycles. The summed E-state index contributed by atoms with van der Waals surface area (Å²) in [6, 6.07) is 7.39. The van der Waals surface area contributed by atoms with Crippen LogP contribution in [0.5, 0.6) is 0 Å². The largest absolute Gasteiger partial charge is 0.367 e. The van der Waals surface area contributed by atoms with Crippen molar-refractivity contribution < 1.29 is 0 Å². The van der Waals surface area contributed by atoms with E-state index in [1.165, 1.54) is 35.1 Å². The van der Waals surface area contributed by atoms with Crippen LogP contribution in [0.3, 0.4) is 0 Å². The van der Waals surface area contributed by atoms with Crippen LogP contribution in [0.25, 0.3) is 0 Å². The maximum atomic E-state index is 3.69. The van der Waals surface area contributed by atoms with Crippen LogP contribution >= 0.6 is 15.9 Å². The molecule has 0 aromatic heterocycles. The van der Waals surface area contributed by atoms with Gasteiger partial charge in [0.2, 0.25) is 0 Å². The third-order valence-electron chi connectivity index (χ3n) is 3.69. The quantitative estimate of drug-likeness (QED) is 0.898. The maximum absolute atomic E-state index is 3.69. The van der Waals surface area contributed by atoms with Gasteiger partial charge in [-0.25, -0.2) is 0 Å². The highest BCUT2D eigenvalue weighted by molar-refractivity contribution is 9.10. The van der Waals surface area contributed by atoms with Crippen molar-refractivity contribution in [2.24, 2.45) is 0 Å². The molecule has 4 heteroatoms. The number of anilines is 1. The average molecular weight is 326 g/mol. The van der Waals surface area contributed by atoms with Crippen LogP contribution in [0, 0.1) is 0 Å². The average Bonchev–Trinajstić information content (AvgIpc) is 2.79. The van der Waals surface area contributed by atoms with Gasteiger partial charge in [0.05, 0.1) is 0 Å². The fraction of sp³-hybridized carbons (Fsp3) is 0.600. The minimum Gasteiger partial charge on any atom is -0.367 e. The van der Waals surface area contributed by atoms with Gasteiger partial charge in [-0.1, -0.05) is 22.0 Å². The highest BCUT2D eigenvalue weighted by Gasteiger charge is 2.25. The van der Waals surface area contributed by atoms with E-state index < -0.39 is 0 Å². The fourth-order valence-electron chi connectivity index (χ4n) is 2.84. The van der Waals surface area contributed by atoms with Crippen LogP contribution in [0.15, 0.2) is 22.7 Å². The van der Waals surface area contributed by atoms with E-state index in [0.29, 0.717) is 6.04 Å². The molecule has 0 amide bonds. The molecule has 1 aromatic carbocycles. The molecule has 1 aliphatic heterocycles. The van der Waals surface area contributed by atoms with E-state index in [9.17, 15) is 0 Å². The molecule has 1 saturated heterocycles. The van der Waals surface area contributed by atoms with Crippen molar-refractivity contribution in [2.75, 3.05) is 39.1 Å². The van der Waals surface area contributed by atoms with E-state index in [4.69, 9.17) is 0 Å². The normalized spacial score (nSPS) is 19.4. The monoisotopic (exact) mass is 325 g/mol. The third kappa shape index (κ3) is 3.71. The highest BCUT2D eigenvalue weighted by Crippen LogP contribution is 2.29. The second-order valence-electron chi connectivity index (χ2n) is 5.56. The van der Waals surface area contributed by atoms with E-state index in [-0.39, 0.29) is 0 Å². The molecular weight excluding hydrogens is 302 g/mol. The van der Waals surface area contributed by atoms with Gasteiger partial charge in [-0.2, -0.15) is 0 Å². The molecule has 1 aromatic rings. The number of nitrogens with one attached hydrogen (secondary N) is 1. The molecule has 2 rings (SSSR count). The number of nitrogens with zero attached hydrogens (tertiary/aromatic N) is 2. The van der Waals surface area contributed by atoms with Gasteiger partial charge in [0.1, 0.15) is 0 Å². The Morgan fingerprint density at radius 3 is 2.84 bits per heavy atom. The SMILES string of the molecule is CNCc1ccc(N2CCCC2CN(C)C)cc1Br. The predicted octanol–water partition coefficient (Wildman–Crippen LogP) is 2.70. The Bertz CT molecular complexity index is 420. The predicted molar refractivity (Wildman–Crippen MR) is 85.8 cm³/mol. The lowest BCUT2D eigenvalue weighted by atomic mass is 10.1. The van der Waals surface area contributed by atoms with Crippen molar-refractivity contribution in [3.63, 3.8) is 0 Å². The summed E-state index contributed by atoms with van der Waals surface area (Å²) >= 11 is 3.69. The van der Waals surface area contributed by atoms with Gasteiger partial charge in [-0.3, -0.25) is 0 Å². The summed E-state index contributed by atoms with van der Waals surface area (Å²) in [5.74, 6) is 0. The Kier molecular flexibility index (Phi) is 5.25. The standard InChI is InChI=1S/C15H24BrN3/c1-17-10-12-6-7-13(9-15(12)16)19-8-4-5-14(19)11-18(2)3/h6-7,9,14,17H,4-5,8,10-11H2,1-3H3. The Morgan fingerprint density at radius 2 is 2.21 bits per heavy atom. The molecule has 1 unspecified atom stereocenters. The fourth-order valence-corrected chi connectivity index (χ4v) is 3.34. The van der Waals surface area contributed by atoms with Crippen LogP contribution in [-0.4, -0.2) is 45.2 Å². The van der Waals surface area contributed by atoms with Gasteiger partial charge in [-0.15, -0.1) is 0 Å². The van der Waals surface area contributed by atoms with E-state index >= 15 is 0 Å². The van der Waals surface area contributed by atoms with Crippen LogP contribution in [0.4, 0.5) is 5.69 Å². The first-order valence-corrected chi connectivity index (χ1v) is 7.75. The molecule has 0 aliphatic carbocycles. The van der Waals surface area contributed by atoms with E-state index in [1.54, 1.807) is 0 Å². The highest BCUT2D eigenvalue weighted by atomic mass is 79.9. The van der Waals surface area contributed by atoms with Crippen molar-refractivity contribution in [2.45, 2.75) is 25.4 Å². The number of hydrogen-bond acceptors (Lipinski definition) is 3. The summed E-state index contributed by atoms with van der Waals surface area (Å²) < 4.78 is 1.20. The molecule has 1 N–H and O–H groups in total. The summed E-state index contributed by atoms with van der Waals surface area (Å²) in [4.78, 5) is 4.83. The summed E-state index contributed by atoms with van der Waals surface area (Å²) in [5.41, 5.74) is 2.66. The van der Waals surface area contributed by atoms with Crippen LogP contribution in [0.1, 0.15) is 18.4 Å². The topological polar surface area (TPSA) is 18.5 Å². The first-order chi connectivity index (χ1) is 9.11. The number of halogens is 1. The maximum Gasteiger partial charge on any atom is 0.0417 e. The Labute approximate surface area is 125 Å². The lowest BCUT2D eigenvalue weighted by molar-refractivity contribution is 0.372. The van der Waals surface area contributed by atoms with Crippen LogP contribution in [0.2, 0.25) is 0 Å². The number of likely N-dealkylation sites (N-methyl/N-ethyl adjacent to an activating group) is 1. The molecule has 1 heterocycles. The van der Waals surface area contributed by atoms with Crippen molar-refractivity contribution >= 4 is 21.6 Å². The second-order valence-corrected chi connectivity index (χ2v) is 6.41. The summed E-state index contributed by atoms with van der Waals surface area (Å²) in [6.45, 7) is 3.22. The molecule has 0 radical (unpaired) electrons. The molecule has 1 fully saturated rings. The number of rotatable bonds is 5. The van der Waals surface area contributed by atoms with Gasteiger partial charge < -0.3 is 15.1 Å². The molecule has 0 bridgehead atoms. The zero-order valence-corrected chi connectivity index (χ0v) is 13.7. The Morgan fingerprint density at radius 1 is 1.42 bits per heavy atom. The number of hydrogen-bond donors (Lipinski definition) is 1. The molecule has 19 heavy (non-hydrogen) atoms. The molecule has 1 atom stereocenters. The van der Waals surface area contributed by atoms with E-state index in [1.807, 2.05) is 7.05 Å². The van der Waals surface area contributed by atoms with Crippen molar-refractivity contribution in [1.29, 1.82) is 0 Å². The first-order valence-electron chi connectivity index (χ1n) is 6.96. The minimum atomic E-state index is 0.650. The lowest BCUT2D eigenvalue weighted by Gasteiger charge is -2.29. The van der Waals surface area contributed by atoms with E-state index in [2.05, 4.69) is 63.3 Å². The summed E-state index contributed by atoms with van der Waals surface area (Å²) in [7, 11) is 6.29. The van der Waals surface area contributed by atoms with Crippen LogP contribution < -0.4 is 10.2 Å². The molecule has 1 aliphatic rings. The Hall–Kier alpha value is -0.580. The van der Waals surface area contributed by atoms with Crippen molar-refractivity contribution in [3.05, 3.63) is 28.2 Å². The smallest absolute Gasteiger partial charge is 0.0417 e. The zero-order valence-electron chi connectivity index (χ0n) is 12.1. The van der Waals surface area contributed by atoms with Gasteiger partial charge in [-0.05, 0) is 51.7 Å².